The Morgan fingerprint density at radius 1 is 1.35 bits per heavy atom. The molecule has 1 saturated carbocycles. The third-order valence-electron chi connectivity index (χ3n) is 4.40. The van der Waals surface area contributed by atoms with Gasteiger partial charge in [0.15, 0.2) is 0 Å². The van der Waals surface area contributed by atoms with Crippen LogP contribution >= 0.6 is 0 Å². The highest BCUT2D eigenvalue weighted by atomic mass is 16.5. The number of ether oxygens (including phenoxy) is 1. The van der Waals surface area contributed by atoms with Crippen molar-refractivity contribution in [1.82, 2.24) is 10.2 Å². The maximum absolute atomic E-state index is 5.43. The van der Waals surface area contributed by atoms with Gasteiger partial charge in [-0.1, -0.05) is 12.8 Å². The number of piperazine rings is 1. The van der Waals surface area contributed by atoms with Gasteiger partial charge in [0.25, 0.3) is 0 Å². The van der Waals surface area contributed by atoms with Crippen molar-refractivity contribution in [2.45, 2.75) is 57.5 Å². The molecule has 0 radical (unpaired) electrons. The van der Waals surface area contributed by atoms with Gasteiger partial charge in [0.05, 0.1) is 0 Å². The summed E-state index contributed by atoms with van der Waals surface area (Å²) < 4.78 is 5.43. The monoisotopic (exact) mass is 240 g/mol. The summed E-state index contributed by atoms with van der Waals surface area (Å²) in [5.74, 6) is 0. The Bertz CT molecular complexity index is 226. The molecule has 2 aliphatic rings. The van der Waals surface area contributed by atoms with E-state index in [4.69, 9.17) is 4.74 Å². The van der Waals surface area contributed by atoms with Crippen molar-refractivity contribution in [2.75, 3.05) is 32.8 Å². The lowest BCUT2D eigenvalue weighted by Crippen LogP contribution is -2.62. The van der Waals surface area contributed by atoms with Crippen LogP contribution in [-0.2, 0) is 4.74 Å². The molecular formula is C14H28N2O. The van der Waals surface area contributed by atoms with E-state index in [0.29, 0.717) is 11.6 Å². The van der Waals surface area contributed by atoms with Crippen molar-refractivity contribution >= 4 is 0 Å². The predicted molar refractivity (Wildman–Crippen MR) is 71.3 cm³/mol. The van der Waals surface area contributed by atoms with E-state index in [9.17, 15) is 0 Å². The molecule has 1 aliphatic carbocycles. The summed E-state index contributed by atoms with van der Waals surface area (Å²) in [5, 5.41) is 3.80. The molecule has 1 spiro atoms. The van der Waals surface area contributed by atoms with Gasteiger partial charge in [-0.3, -0.25) is 4.90 Å². The quantitative estimate of drug-likeness (QED) is 0.744. The van der Waals surface area contributed by atoms with Gasteiger partial charge < -0.3 is 10.1 Å². The molecule has 3 heteroatoms. The molecule has 1 aliphatic heterocycles. The summed E-state index contributed by atoms with van der Waals surface area (Å²) in [6.45, 7) is 9.79. The number of nitrogens with zero attached hydrogens (tertiary/aromatic N) is 1. The molecule has 2 fully saturated rings. The SMILES string of the molecule is CCOCCCN1CC2(CCCC2)NCC1C. The topological polar surface area (TPSA) is 24.5 Å². The van der Waals surface area contributed by atoms with Crippen LogP contribution in [0.5, 0.6) is 0 Å². The van der Waals surface area contributed by atoms with Gasteiger partial charge >= 0.3 is 0 Å². The molecule has 0 aromatic heterocycles. The van der Waals surface area contributed by atoms with Gasteiger partial charge in [-0.25, -0.2) is 0 Å². The Balaban J connectivity index is 1.78. The van der Waals surface area contributed by atoms with E-state index in [0.717, 1.165) is 19.8 Å². The molecule has 100 valence electrons. The zero-order chi connectivity index (χ0) is 12.1. The summed E-state index contributed by atoms with van der Waals surface area (Å²) >= 11 is 0. The largest absolute Gasteiger partial charge is 0.382 e. The number of hydrogen-bond acceptors (Lipinski definition) is 3. The molecule has 0 aromatic rings. The summed E-state index contributed by atoms with van der Waals surface area (Å²) in [6.07, 6.45) is 6.75. The van der Waals surface area contributed by atoms with Crippen molar-refractivity contribution in [3.05, 3.63) is 0 Å². The normalized spacial score (nSPS) is 28.9. The van der Waals surface area contributed by atoms with Gasteiger partial charge in [0, 0.05) is 44.4 Å². The minimum Gasteiger partial charge on any atom is -0.382 e. The Morgan fingerprint density at radius 2 is 2.12 bits per heavy atom. The van der Waals surface area contributed by atoms with Gasteiger partial charge in [-0.05, 0) is 33.1 Å². The molecular weight excluding hydrogens is 212 g/mol. The Morgan fingerprint density at radius 3 is 2.82 bits per heavy atom. The van der Waals surface area contributed by atoms with Crippen molar-refractivity contribution in [3.8, 4) is 0 Å². The first-order chi connectivity index (χ1) is 8.26. The van der Waals surface area contributed by atoms with E-state index in [1.807, 2.05) is 0 Å². The number of nitrogens with one attached hydrogen (secondary N) is 1. The highest BCUT2D eigenvalue weighted by Crippen LogP contribution is 2.33. The van der Waals surface area contributed by atoms with Crippen LogP contribution in [-0.4, -0.2) is 49.3 Å². The van der Waals surface area contributed by atoms with Gasteiger partial charge in [0.1, 0.15) is 0 Å². The fraction of sp³-hybridized carbons (Fsp3) is 1.00. The average Bonchev–Trinajstić information content (AvgIpc) is 2.78. The molecule has 3 nitrogen and oxygen atoms in total. The standard InChI is InChI=1S/C14H28N2O/c1-3-17-10-6-9-16-12-14(7-4-5-8-14)15-11-13(16)2/h13,15H,3-12H2,1-2H3. The molecule has 1 unspecified atom stereocenters. The van der Waals surface area contributed by atoms with Crippen molar-refractivity contribution < 1.29 is 4.74 Å². The lowest BCUT2D eigenvalue weighted by molar-refractivity contribution is 0.0724. The lowest BCUT2D eigenvalue weighted by atomic mass is 9.92. The molecule has 0 amide bonds. The summed E-state index contributed by atoms with van der Waals surface area (Å²) in [7, 11) is 0. The van der Waals surface area contributed by atoms with Crippen molar-refractivity contribution in [3.63, 3.8) is 0 Å². The Kier molecular flexibility index (Phi) is 4.83. The minimum absolute atomic E-state index is 0.456. The summed E-state index contributed by atoms with van der Waals surface area (Å²) in [5.41, 5.74) is 0.456. The highest BCUT2D eigenvalue weighted by molar-refractivity contribution is 5.00. The Hall–Kier alpha value is -0.120. The van der Waals surface area contributed by atoms with Crippen LogP contribution in [0.1, 0.15) is 46.0 Å². The third-order valence-corrected chi connectivity index (χ3v) is 4.40. The third kappa shape index (κ3) is 3.43. The van der Waals surface area contributed by atoms with Gasteiger partial charge in [0.2, 0.25) is 0 Å². The van der Waals surface area contributed by atoms with E-state index in [-0.39, 0.29) is 0 Å². The number of hydrogen-bond donors (Lipinski definition) is 1. The average molecular weight is 240 g/mol. The van der Waals surface area contributed by atoms with E-state index in [1.165, 1.54) is 45.2 Å². The van der Waals surface area contributed by atoms with Crippen LogP contribution < -0.4 is 5.32 Å². The van der Waals surface area contributed by atoms with Crippen LogP contribution in [0, 0.1) is 0 Å². The van der Waals surface area contributed by atoms with E-state index < -0.39 is 0 Å². The van der Waals surface area contributed by atoms with E-state index in [2.05, 4.69) is 24.1 Å². The maximum Gasteiger partial charge on any atom is 0.0478 e. The van der Waals surface area contributed by atoms with Crippen LogP contribution in [0.3, 0.4) is 0 Å². The second kappa shape index (κ2) is 6.17. The lowest BCUT2D eigenvalue weighted by Gasteiger charge is -2.45. The van der Waals surface area contributed by atoms with Crippen LogP contribution in [0.2, 0.25) is 0 Å². The van der Waals surface area contributed by atoms with E-state index >= 15 is 0 Å². The van der Waals surface area contributed by atoms with Gasteiger partial charge in [-0.2, -0.15) is 0 Å². The first-order valence-electron chi connectivity index (χ1n) is 7.32. The fourth-order valence-electron chi connectivity index (χ4n) is 3.29. The maximum atomic E-state index is 5.43. The Labute approximate surface area is 106 Å². The predicted octanol–water partition coefficient (Wildman–Crippen LogP) is 2.02. The minimum atomic E-state index is 0.456. The second-order valence-electron chi connectivity index (χ2n) is 5.74. The van der Waals surface area contributed by atoms with Crippen molar-refractivity contribution in [1.29, 1.82) is 0 Å². The molecule has 17 heavy (non-hydrogen) atoms. The molecule has 0 bridgehead atoms. The molecule has 1 saturated heterocycles. The number of rotatable bonds is 5. The van der Waals surface area contributed by atoms with Gasteiger partial charge in [-0.15, -0.1) is 0 Å². The van der Waals surface area contributed by atoms with Crippen LogP contribution in [0.25, 0.3) is 0 Å². The molecule has 0 aromatic carbocycles. The summed E-state index contributed by atoms with van der Waals surface area (Å²) in [4.78, 5) is 2.67. The molecule has 1 N–H and O–H groups in total. The van der Waals surface area contributed by atoms with E-state index in [1.54, 1.807) is 0 Å². The zero-order valence-corrected chi connectivity index (χ0v) is 11.5. The first-order valence-corrected chi connectivity index (χ1v) is 7.32. The highest BCUT2D eigenvalue weighted by Gasteiger charge is 2.39. The molecule has 1 heterocycles. The van der Waals surface area contributed by atoms with Crippen LogP contribution in [0.4, 0.5) is 0 Å². The molecule has 1 atom stereocenters. The first kappa shape index (κ1) is 13.3. The molecule has 2 rings (SSSR count). The zero-order valence-electron chi connectivity index (χ0n) is 11.5. The van der Waals surface area contributed by atoms with Crippen molar-refractivity contribution in [2.24, 2.45) is 0 Å². The second-order valence-corrected chi connectivity index (χ2v) is 5.74. The fourth-order valence-corrected chi connectivity index (χ4v) is 3.29. The van der Waals surface area contributed by atoms with Crippen LogP contribution in [0.15, 0.2) is 0 Å². The summed E-state index contributed by atoms with van der Waals surface area (Å²) in [6, 6.07) is 0.683. The smallest absolute Gasteiger partial charge is 0.0478 e.